The van der Waals surface area contributed by atoms with Crippen LogP contribution in [0.3, 0.4) is 0 Å². The Bertz CT molecular complexity index is 1230. The fraction of sp³-hybridized carbons (Fsp3) is 0.318. The first-order chi connectivity index (χ1) is 15.6. The second kappa shape index (κ2) is 9.03. The smallest absolute Gasteiger partial charge is 0.295 e. The van der Waals surface area contributed by atoms with Crippen molar-refractivity contribution >= 4 is 39.7 Å². The van der Waals surface area contributed by atoms with Crippen molar-refractivity contribution in [1.82, 2.24) is 29.5 Å². The molecule has 8 nitrogen and oxygen atoms in total. The predicted octanol–water partition coefficient (Wildman–Crippen LogP) is 3.22. The van der Waals surface area contributed by atoms with Crippen molar-refractivity contribution in [3.63, 3.8) is 0 Å². The number of imidazole rings is 1. The average Bonchev–Trinajstić information content (AvgIpc) is 3.48. The minimum absolute atomic E-state index is 0.101. The molecule has 5 rings (SSSR count). The average molecular weight is 470 g/mol. The number of anilines is 1. The Balaban J connectivity index is 1.37. The highest BCUT2D eigenvalue weighted by atomic mass is 35.5. The van der Waals surface area contributed by atoms with Crippen molar-refractivity contribution in [3.05, 3.63) is 68.2 Å². The molecule has 0 aliphatic carbocycles. The summed E-state index contributed by atoms with van der Waals surface area (Å²) in [5.74, 6) is 0.346. The minimum Gasteiger partial charge on any atom is -0.380 e. The maximum absolute atomic E-state index is 12.9. The highest BCUT2D eigenvalue weighted by molar-refractivity contribution is 7.10. The molecule has 32 heavy (non-hydrogen) atoms. The van der Waals surface area contributed by atoms with Crippen molar-refractivity contribution < 1.29 is 0 Å². The third kappa shape index (κ3) is 4.16. The maximum atomic E-state index is 12.9. The van der Waals surface area contributed by atoms with E-state index in [2.05, 4.69) is 54.7 Å². The van der Waals surface area contributed by atoms with Crippen LogP contribution in [0.2, 0.25) is 5.02 Å². The number of fused-ring (bicyclic) bond motifs is 1. The van der Waals surface area contributed by atoms with Crippen LogP contribution in [0.25, 0.3) is 17.0 Å². The Kier molecular flexibility index (Phi) is 5.97. The molecular weight excluding hydrogens is 446 g/mol. The van der Waals surface area contributed by atoms with Crippen molar-refractivity contribution in [2.24, 2.45) is 0 Å². The van der Waals surface area contributed by atoms with Gasteiger partial charge < -0.3 is 15.2 Å². The summed E-state index contributed by atoms with van der Waals surface area (Å²) in [4.78, 5) is 26.6. The molecular formula is C22H24ClN7OS. The normalized spacial score (nSPS) is 16.4. The van der Waals surface area contributed by atoms with Crippen molar-refractivity contribution in [3.8, 4) is 5.95 Å². The summed E-state index contributed by atoms with van der Waals surface area (Å²) in [5, 5.41) is 9.88. The lowest BCUT2D eigenvalue weighted by molar-refractivity contribution is 0.118. The molecule has 3 aromatic heterocycles. The van der Waals surface area contributed by atoms with E-state index >= 15 is 0 Å². The van der Waals surface area contributed by atoms with Crippen molar-refractivity contribution in [1.29, 1.82) is 0 Å². The summed E-state index contributed by atoms with van der Waals surface area (Å²) in [6.45, 7) is 4.72. The van der Waals surface area contributed by atoms with E-state index in [0.29, 0.717) is 18.2 Å². The van der Waals surface area contributed by atoms with Gasteiger partial charge in [0.1, 0.15) is 5.02 Å². The van der Waals surface area contributed by atoms with Gasteiger partial charge >= 0.3 is 0 Å². The van der Waals surface area contributed by atoms with Crippen LogP contribution in [0.4, 0.5) is 5.69 Å². The maximum Gasteiger partial charge on any atom is 0.295 e. The molecule has 166 valence electrons. The number of H-pyrrole nitrogens is 1. The summed E-state index contributed by atoms with van der Waals surface area (Å²) >= 11 is 8.21. The number of thiophene rings is 1. The standard InChI is InChI=1S/C22H24ClN7OS/c1-28-8-10-29(11-9-28)18(19-7-4-12-32-19)14-24-17-13-25-30(21(31)20(17)23)22-26-15-5-2-3-6-16(15)27-22/h2-7,12-13,18,24H,8-11,14H2,1H3,(H,26,27). The number of nitrogens with zero attached hydrogens (tertiary/aromatic N) is 5. The second-order valence-electron chi connectivity index (χ2n) is 7.92. The number of para-hydroxylation sites is 2. The van der Waals surface area contributed by atoms with Crippen molar-refractivity contribution in [2.45, 2.75) is 6.04 Å². The summed E-state index contributed by atoms with van der Waals surface area (Å²) in [6.07, 6.45) is 1.59. The summed E-state index contributed by atoms with van der Waals surface area (Å²) in [6, 6.07) is 12.0. The highest BCUT2D eigenvalue weighted by Gasteiger charge is 2.25. The van der Waals surface area contributed by atoms with E-state index in [-0.39, 0.29) is 11.1 Å². The van der Waals surface area contributed by atoms with Gasteiger partial charge in [0.2, 0.25) is 5.95 Å². The van der Waals surface area contributed by atoms with Crippen LogP contribution in [0, 0.1) is 0 Å². The van der Waals surface area contributed by atoms with Gasteiger partial charge in [-0.25, -0.2) is 4.98 Å². The first-order valence-electron chi connectivity index (χ1n) is 10.5. The van der Waals surface area contributed by atoms with Crippen LogP contribution in [0.5, 0.6) is 0 Å². The van der Waals surface area contributed by atoms with E-state index in [0.717, 1.165) is 37.2 Å². The number of hydrogen-bond donors (Lipinski definition) is 2. The molecule has 0 saturated carbocycles. The number of piperazine rings is 1. The van der Waals surface area contributed by atoms with Gasteiger partial charge in [-0.1, -0.05) is 29.8 Å². The lowest BCUT2D eigenvalue weighted by Crippen LogP contribution is -2.47. The lowest BCUT2D eigenvalue weighted by atomic mass is 10.1. The first-order valence-corrected chi connectivity index (χ1v) is 11.8. The van der Waals surface area contributed by atoms with E-state index < -0.39 is 5.56 Å². The molecule has 0 bridgehead atoms. The molecule has 1 aromatic carbocycles. The number of benzene rings is 1. The SMILES string of the molecule is CN1CCN(C(CNc2cnn(-c3nc4ccccc4[nH]3)c(=O)c2Cl)c2cccs2)CC1. The monoisotopic (exact) mass is 469 g/mol. The molecule has 4 heterocycles. The molecule has 0 radical (unpaired) electrons. The Morgan fingerprint density at radius 3 is 2.75 bits per heavy atom. The summed E-state index contributed by atoms with van der Waals surface area (Å²) < 4.78 is 1.20. The Hall–Kier alpha value is -2.72. The molecule has 1 aliphatic rings. The van der Waals surface area contributed by atoms with Gasteiger partial charge in [0.25, 0.3) is 5.56 Å². The Morgan fingerprint density at radius 1 is 1.19 bits per heavy atom. The number of nitrogens with one attached hydrogen (secondary N) is 2. The van der Waals surface area contributed by atoms with E-state index in [1.54, 1.807) is 17.5 Å². The van der Waals surface area contributed by atoms with Gasteiger partial charge in [0.05, 0.1) is 29.0 Å². The van der Waals surface area contributed by atoms with Crippen LogP contribution in [-0.4, -0.2) is 69.3 Å². The summed E-state index contributed by atoms with van der Waals surface area (Å²) in [5.41, 5.74) is 1.71. The molecule has 0 amide bonds. The molecule has 1 fully saturated rings. The first kappa shape index (κ1) is 21.1. The molecule has 10 heteroatoms. The zero-order chi connectivity index (χ0) is 22.1. The minimum atomic E-state index is -0.414. The van der Waals surface area contributed by atoms with Gasteiger partial charge in [0, 0.05) is 37.6 Å². The zero-order valence-electron chi connectivity index (χ0n) is 17.7. The van der Waals surface area contributed by atoms with E-state index in [1.807, 2.05) is 24.3 Å². The number of halogens is 1. The van der Waals surface area contributed by atoms with Gasteiger partial charge in [-0.05, 0) is 30.6 Å². The van der Waals surface area contributed by atoms with Crippen molar-refractivity contribution in [2.75, 3.05) is 45.1 Å². The Morgan fingerprint density at radius 2 is 2.00 bits per heavy atom. The van der Waals surface area contributed by atoms with Crippen LogP contribution in [0.1, 0.15) is 10.9 Å². The van der Waals surface area contributed by atoms with E-state index in [4.69, 9.17) is 11.6 Å². The number of likely N-dealkylation sites (N-methyl/N-ethyl adjacent to an activating group) is 1. The third-order valence-electron chi connectivity index (χ3n) is 5.83. The molecule has 4 aromatic rings. The molecule has 2 N–H and O–H groups in total. The van der Waals surface area contributed by atoms with E-state index in [9.17, 15) is 4.79 Å². The van der Waals surface area contributed by atoms with Gasteiger partial charge in [-0.2, -0.15) is 9.78 Å². The quantitative estimate of drug-likeness (QED) is 0.451. The molecule has 1 atom stereocenters. The van der Waals surface area contributed by atoms with Gasteiger partial charge in [0.15, 0.2) is 0 Å². The van der Waals surface area contributed by atoms with Crippen LogP contribution in [-0.2, 0) is 0 Å². The van der Waals surface area contributed by atoms with Crippen LogP contribution >= 0.6 is 22.9 Å². The summed E-state index contributed by atoms with van der Waals surface area (Å²) in [7, 11) is 2.15. The largest absolute Gasteiger partial charge is 0.380 e. The van der Waals surface area contributed by atoms with Crippen LogP contribution < -0.4 is 10.9 Å². The van der Waals surface area contributed by atoms with Crippen LogP contribution in [0.15, 0.2) is 52.8 Å². The third-order valence-corrected chi connectivity index (χ3v) is 7.17. The van der Waals surface area contributed by atoms with E-state index in [1.165, 1.54) is 9.56 Å². The number of rotatable bonds is 6. The van der Waals surface area contributed by atoms with Gasteiger partial charge in [-0.15, -0.1) is 11.3 Å². The fourth-order valence-corrected chi connectivity index (χ4v) is 5.03. The second-order valence-corrected chi connectivity index (χ2v) is 9.28. The predicted molar refractivity (Wildman–Crippen MR) is 129 cm³/mol. The molecule has 1 unspecified atom stereocenters. The fourth-order valence-electron chi connectivity index (χ4n) is 3.98. The lowest BCUT2D eigenvalue weighted by Gasteiger charge is -2.37. The molecule has 1 saturated heterocycles. The zero-order valence-corrected chi connectivity index (χ0v) is 19.2. The number of aromatic amines is 1. The number of aromatic nitrogens is 4. The topological polar surface area (TPSA) is 82.1 Å². The number of hydrogen-bond acceptors (Lipinski definition) is 7. The molecule has 0 spiro atoms. The Labute approximate surface area is 194 Å². The van der Waals surface area contributed by atoms with Gasteiger partial charge in [-0.3, -0.25) is 9.69 Å². The highest BCUT2D eigenvalue weighted by Crippen LogP contribution is 2.27. The molecule has 1 aliphatic heterocycles.